The molecule has 2 aromatic carbocycles. The molecule has 4 rings (SSSR count). The summed E-state index contributed by atoms with van der Waals surface area (Å²) < 4.78 is 0. The third kappa shape index (κ3) is 3.69. The van der Waals surface area contributed by atoms with Gasteiger partial charge in [0.25, 0.3) is 5.91 Å². The first-order chi connectivity index (χ1) is 14.1. The number of hydrogen-bond acceptors (Lipinski definition) is 4. The topological polar surface area (TPSA) is 93.5 Å². The minimum Gasteiger partial charge on any atom is -0.342 e. The molecule has 2 fully saturated rings. The molecule has 2 aromatic rings. The first-order valence-electron chi connectivity index (χ1n) is 9.51. The van der Waals surface area contributed by atoms with Crippen LogP contribution in [0.5, 0.6) is 0 Å². The van der Waals surface area contributed by atoms with Gasteiger partial charge in [-0.15, -0.1) is 0 Å². The van der Waals surface area contributed by atoms with Gasteiger partial charge in [0.2, 0.25) is 11.8 Å². The first-order valence-corrected chi connectivity index (χ1v) is 9.51. The largest absolute Gasteiger partial charge is 0.342 e. The van der Waals surface area contributed by atoms with Crippen molar-refractivity contribution in [1.29, 1.82) is 5.26 Å². The maximum absolute atomic E-state index is 12.9. The second kappa shape index (κ2) is 7.76. The van der Waals surface area contributed by atoms with Gasteiger partial charge in [-0.05, 0) is 29.8 Å². The van der Waals surface area contributed by atoms with Crippen LogP contribution in [0.25, 0.3) is 0 Å². The molecule has 2 aliphatic heterocycles. The van der Waals surface area contributed by atoms with Crippen LogP contribution in [0.3, 0.4) is 0 Å². The SMILES string of the molecule is N#Cc1ccc(C(=O)N2CCN3C(=O)[C@H](Cc4ccccc4)NC(=O)[C@H]3C2)cc1. The van der Waals surface area contributed by atoms with Gasteiger partial charge in [0.1, 0.15) is 12.1 Å². The lowest BCUT2D eigenvalue weighted by atomic mass is 9.98. The summed E-state index contributed by atoms with van der Waals surface area (Å²) in [5.74, 6) is -0.549. The van der Waals surface area contributed by atoms with Crippen LogP contribution in [0.2, 0.25) is 0 Å². The molecule has 7 heteroatoms. The summed E-state index contributed by atoms with van der Waals surface area (Å²) in [6, 6.07) is 16.7. The fourth-order valence-corrected chi connectivity index (χ4v) is 3.84. The number of amides is 3. The molecule has 0 unspecified atom stereocenters. The minimum atomic E-state index is -0.675. The Kier molecular flexibility index (Phi) is 5.00. The van der Waals surface area contributed by atoms with Gasteiger partial charge >= 0.3 is 0 Å². The van der Waals surface area contributed by atoms with Gasteiger partial charge in [0, 0.05) is 25.1 Å². The molecular formula is C22H20N4O3. The van der Waals surface area contributed by atoms with Gasteiger partial charge < -0.3 is 15.1 Å². The van der Waals surface area contributed by atoms with Crippen LogP contribution in [0.15, 0.2) is 54.6 Å². The van der Waals surface area contributed by atoms with Gasteiger partial charge in [-0.3, -0.25) is 14.4 Å². The fourth-order valence-electron chi connectivity index (χ4n) is 3.84. The molecule has 0 radical (unpaired) electrons. The number of benzene rings is 2. The summed E-state index contributed by atoms with van der Waals surface area (Å²) in [4.78, 5) is 41.5. The molecule has 2 aliphatic rings. The number of hydrogen-bond donors (Lipinski definition) is 1. The highest BCUT2D eigenvalue weighted by molar-refractivity contribution is 5.99. The summed E-state index contributed by atoms with van der Waals surface area (Å²) in [6.45, 7) is 0.852. The molecule has 0 aliphatic carbocycles. The third-order valence-corrected chi connectivity index (χ3v) is 5.41. The van der Waals surface area contributed by atoms with Crippen molar-refractivity contribution in [2.45, 2.75) is 18.5 Å². The zero-order chi connectivity index (χ0) is 20.4. The normalized spacial score (nSPS) is 21.2. The van der Waals surface area contributed by atoms with Crippen LogP contribution in [0.1, 0.15) is 21.5 Å². The van der Waals surface area contributed by atoms with E-state index < -0.39 is 12.1 Å². The molecule has 0 bridgehead atoms. The van der Waals surface area contributed by atoms with Crippen molar-refractivity contribution in [3.8, 4) is 6.07 Å². The second-order valence-corrected chi connectivity index (χ2v) is 7.24. The summed E-state index contributed by atoms with van der Waals surface area (Å²) in [7, 11) is 0. The van der Waals surface area contributed by atoms with Crippen molar-refractivity contribution in [1.82, 2.24) is 15.1 Å². The summed E-state index contributed by atoms with van der Waals surface area (Å²) >= 11 is 0. The molecule has 29 heavy (non-hydrogen) atoms. The number of nitrogens with zero attached hydrogens (tertiary/aromatic N) is 3. The highest BCUT2D eigenvalue weighted by atomic mass is 16.2. The van der Waals surface area contributed by atoms with Crippen LogP contribution in [0.4, 0.5) is 0 Å². The Hall–Kier alpha value is -3.66. The number of nitrogens with one attached hydrogen (secondary N) is 1. The van der Waals surface area contributed by atoms with E-state index in [2.05, 4.69) is 5.32 Å². The molecule has 2 saturated heterocycles. The van der Waals surface area contributed by atoms with Crippen molar-refractivity contribution in [3.63, 3.8) is 0 Å². The average molecular weight is 388 g/mol. The Morgan fingerprint density at radius 3 is 2.48 bits per heavy atom. The van der Waals surface area contributed by atoms with Gasteiger partial charge in [0.15, 0.2) is 0 Å². The monoisotopic (exact) mass is 388 g/mol. The highest BCUT2D eigenvalue weighted by Gasteiger charge is 2.44. The van der Waals surface area contributed by atoms with Gasteiger partial charge in [-0.1, -0.05) is 30.3 Å². The summed E-state index contributed by atoms with van der Waals surface area (Å²) in [6.07, 6.45) is 0.447. The van der Waals surface area contributed by atoms with Crippen LogP contribution in [0, 0.1) is 11.3 Å². The Labute approximate surface area is 168 Å². The van der Waals surface area contributed by atoms with Gasteiger partial charge in [0.05, 0.1) is 18.2 Å². The lowest BCUT2D eigenvalue weighted by Gasteiger charge is -2.45. The minimum absolute atomic E-state index is 0.107. The quantitative estimate of drug-likeness (QED) is 0.847. The Morgan fingerprint density at radius 1 is 1.07 bits per heavy atom. The zero-order valence-corrected chi connectivity index (χ0v) is 15.7. The third-order valence-electron chi connectivity index (χ3n) is 5.41. The van der Waals surface area contributed by atoms with E-state index in [-0.39, 0.29) is 24.3 Å². The lowest BCUT2D eigenvalue weighted by molar-refractivity contribution is -0.152. The van der Waals surface area contributed by atoms with Crippen molar-refractivity contribution < 1.29 is 14.4 Å². The Bertz CT molecular complexity index is 981. The molecule has 1 N–H and O–H groups in total. The molecule has 0 saturated carbocycles. The van der Waals surface area contributed by atoms with Crippen LogP contribution >= 0.6 is 0 Å². The smallest absolute Gasteiger partial charge is 0.253 e. The Balaban J connectivity index is 1.45. The number of fused-ring (bicyclic) bond motifs is 1. The Morgan fingerprint density at radius 2 is 1.79 bits per heavy atom. The zero-order valence-electron chi connectivity index (χ0n) is 15.7. The molecular weight excluding hydrogens is 368 g/mol. The maximum atomic E-state index is 12.9. The van der Waals surface area contributed by atoms with Crippen LogP contribution in [-0.2, 0) is 16.0 Å². The predicted octanol–water partition coefficient (Wildman–Crippen LogP) is 0.952. The molecule has 0 aromatic heterocycles. The van der Waals surface area contributed by atoms with Gasteiger partial charge in [-0.2, -0.15) is 5.26 Å². The number of carbonyl (C=O) groups is 3. The lowest BCUT2D eigenvalue weighted by Crippen LogP contribution is -2.70. The van der Waals surface area contributed by atoms with E-state index in [1.54, 1.807) is 34.1 Å². The first kappa shape index (κ1) is 18.7. The van der Waals surface area contributed by atoms with Crippen molar-refractivity contribution in [2.24, 2.45) is 0 Å². The maximum Gasteiger partial charge on any atom is 0.253 e. The van der Waals surface area contributed by atoms with E-state index >= 15 is 0 Å². The van der Waals surface area contributed by atoms with Crippen molar-refractivity contribution in [2.75, 3.05) is 19.6 Å². The highest BCUT2D eigenvalue weighted by Crippen LogP contribution is 2.20. The average Bonchev–Trinajstić information content (AvgIpc) is 2.77. The van der Waals surface area contributed by atoms with Crippen molar-refractivity contribution in [3.05, 3.63) is 71.3 Å². The van der Waals surface area contributed by atoms with E-state index in [1.807, 2.05) is 36.4 Å². The number of piperazine rings is 2. The second-order valence-electron chi connectivity index (χ2n) is 7.24. The molecule has 0 spiro atoms. The van der Waals surface area contributed by atoms with E-state index in [1.165, 1.54) is 0 Å². The summed E-state index contributed by atoms with van der Waals surface area (Å²) in [5, 5.41) is 11.7. The fraction of sp³-hybridized carbons (Fsp3) is 0.273. The van der Waals surface area contributed by atoms with Crippen LogP contribution < -0.4 is 5.32 Å². The molecule has 3 amide bonds. The van der Waals surface area contributed by atoms with E-state index in [4.69, 9.17) is 5.26 Å². The number of carbonyl (C=O) groups excluding carboxylic acids is 3. The molecule has 146 valence electrons. The number of rotatable bonds is 3. The molecule has 2 atom stereocenters. The van der Waals surface area contributed by atoms with Crippen LogP contribution in [-0.4, -0.2) is 59.2 Å². The van der Waals surface area contributed by atoms with E-state index in [0.29, 0.717) is 30.6 Å². The standard InChI is InChI=1S/C22H20N4O3/c23-13-16-6-8-17(9-7-16)21(28)25-10-11-26-19(14-25)20(27)24-18(22(26)29)12-15-4-2-1-3-5-15/h1-9,18-19H,10-12,14H2,(H,24,27)/t18-,19+/m0/s1. The number of nitriles is 1. The summed E-state index contributed by atoms with van der Waals surface area (Å²) in [5.41, 5.74) is 1.93. The predicted molar refractivity (Wildman–Crippen MR) is 105 cm³/mol. The molecule has 7 nitrogen and oxygen atoms in total. The van der Waals surface area contributed by atoms with E-state index in [9.17, 15) is 14.4 Å². The molecule has 2 heterocycles. The van der Waals surface area contributed by atoms with E-state index in [0.717, 1.165) is 5.56 Å². The van der Waals surface area contributed by atoms with Gasteiger partial charge in [-0.25, -0.2) is 0 Å². The van der Waals surface area contributed by atoms with Crippen molar-refractivity contribution >= 4 is 17.7 Å².